The molecule has 0 bridgehead atoms. The summed E-state index contributed by atoms with van der Waals surface area (Å²) in [5.41, 5.74) is 1.18. The van der Waals surface area contributed by atoms with Gasteiger partial charge in [0.1, 0.15) is 18.0 Å². The lowest BCUT2D eigenvalue weighted by Crippen LogP contribution is -3.13. The minimum Gasteiger partial charge on any atom is -0.459 e. The first-order chi connectivity index (χ1) is 13.3. The maximum Gasteiger partial charge on any atom is 0.289 e. The number of rotatable bonds is 5. The summed E-state index contributed by atoms with van der Waals surface area (Å²) in [5.74, 6) is 2.13. The first-order valence-corrected chi connectivity index (χ1v) is 9.27. The number of quaternary nitrogens is 1. The largest absolute Gasteiger partial charge is 0.459 e. The fourth-order valence-electron chi connectivity index (χ4n) is 3.39. The fourth-order valence-corrected chi connectivity index (χ4v) is 3.39. The van der Waals surface area contributed by atoms with Crippen molar-refractivity contribution in [2.75, 3.05) is 26.2 Å². The van der Waals surface area contributed by atoms with Crippen LogP contribution in [-0.4, -0.2) is 37.0 Å². The van der Waals surface area contributed by atoms with Gasteiger partial charge in [-0.2, -0.15) is 0 Å². The van der Waals surface area contributed by atoms with Crippen LogP contribution in [-0.2, 0) is 6.54 Å². The van der Waals surface area contributed by atoms with E-state index in [1.54, 1.807) is 18.4 Å². The molecule has 0 spiro atoms. The molecular weight excluding hydrogens is 340 g/mol. The number of benzene rings is 2. The molecule has 0 saturated carbocycles. The van der Waals surface area contributed by atoms with Crippen molar-refractivity contribution < 1.29 is 18.8 Å². The second kappa shape index (κ2) is 8.10. The van der Waals surface area contributed by atoms with Crippen molar-refractivity contribution in [3.05, 3.63) is 84.3 Å². The minimum absolute atomic E-state index is 0.0214. The van der Waals surface area contributed by atoms with Gasteiger partial charge in [-0.3, -0.25) is 4.79 Å². The highest BCUT2D eigenvalue weighted by Crippen LogP contribution is 2.24. The summed E-state index contributed by atoms with van der Waals surface area (Å²) in [5, 5.41) is 0. The van der Waals surface area contributed by atoms with Crippen molar-refractivity contribution in [3.8, 4) is 11.5 Å². The van der Waals surface area contributed by atoms with Crippen LogP contribution in [0.2, 0.25) is 0 Å². The first-order valence-electron chi connectivity index (χ1n) is 9.27. The molecule has 1 fully saturated rings. The summed E-state index contributed by atoms with van der Waals surface area (Å²) in [7, 11) is 0. The maximum atomic E-state index is 12.4. The molecule has 27 heavy (non-hydrogen) atoms. The van der Waals surface area contributed by atoms with E-state index in [0.29, 0.717) is 5.76 Å². The molecule has 1 N–H and O–H groups in total. The van der Waals surface area contributed by atoms with Crippen LogP contribution in [0.3, 0.4) is 0 Å². The van der Waals surface area contributed by atoms with Crippen LogP contribution >= 0.6 is 0 Å². The normalized spacial score (nSPS) is 14.9. The third kappa shape index (κ3) is 4.20. The zero-order chi connectivity index (χ0) is 18.5. The summed E-state index contributed by atoms with van der Waals surface area (Å²) < 4.78 is 11.3. The van der Waals surface area contributed by atoms with Crippen LogP contribution in [0.1, 0.15) is 16.1 Å². The lowest BCUT2D eigenvalue weighted by atomic mass is 10.1. The van der Waals surface area contributed by atoms with Gasteiger partial charge in [-0.1, -0.05) is 30.3 Å². The number of ether oxygens (including phenoxy) is 1. The Hall–Kier alpha value is -3.05. The number of amides is 1. The molecule has 0 aliphatic carbocycles. The molecule has 0 radical (unpaired) electrons. The van der Waals surface area contributed by atoms with Crippen LogP contribution in [0, 0.1) is 0 Å². The standard InChI is InChI=1S/C22H22N2O3/c25-22(21-11-6-16-26-21)24-14-12-23(13-15-24)17-18-7-4-5-10-20(18)27-19-8-2-1-3-9-19/h1-11,16H,12-15,17H2/p+1. The Morgan fingerprint density at radius 2 is 1.70 bits per heavy atom. The third-order valence-electron chi connectivity index (χ3n) is 4.87. The second-order valence-corrected chi connectivity index (χ2v) is 6.72. The monoisotopic (exact) mass is 363 g/mol. The van der Waals surface area contributed by atoms with Crippen molar-refractivity contribution in [1.29, 1.82) is 0 Å². The average molecular weight is 363 g/mol. The smallest absolute Gasteiger partial charge is 0.289 e. The van der Waals surface area contributed by atoms with Gasteiger partial charge in [-0.05, 0) is 36.4 Å². The van der Waals surface area contributed by atoms with Crippen LogP contribution in [0.25, 0.3) is 0 Å². The number of carbonyl (C=O) groups is 1. The molecule has 138 valence electrons. The van der Waals surface area contributed by atoms with Crippen LogP contribution < -0.4 is 9.64 Å². The third-order valence-corrected chi connectivity index (χ3v) is 4.87. The van der Waals surface area contributed by atoms with Gasteiger partial charge in [0.05, 0.1) is 32.4 Å². The van der Waals surface area contributed by atoms with Gasteiger partial charge in [0.2, 0.25) is 0 Å². The van der Waals surface area contributed by atoms with Gasteiger partial charge in [0.15, 0.2) is 5.76 Å². The van der Waals surface area contributed by atoms with Crippen molar-refractivity contribution in [2.24, 2.45) is 0 Å². The Morgan fingerprint density at radius 3 is 2.44 bits per heavy atom. The van der Waals surface area contributed by atoms with Gasteiger partial charge in [0.25, 0.3) is 5.91 Å². The zero-order valence-electron chi connectivity index (χ0n) is 15.1. The molecule has 5 heteroatoms. The van der Waals surface area contributed by atoms with E-state index in [0.717, 1.165) is 44.2 Å². The molecule has 0 unspecified atom stereocenters. The second-order valence-electron chi connectivity index (χ2n) is 6.72. The molecule has 1 aromatic heterocycles. The Balaban J connectivity index is 1.37. The Morgan fingerprint density at radius 1 is 0.963 bits per heavy atom. The molecule has 3 aromatic rings. The van der Waals surface area contributed by atoms with Gasteiger partial charge in [0, 0.05) is 5.56 Å². The molecule has 1 amide bonds. The summed E-state index contributed by atoms with van der Waals surface area (Å²) >= 11 is 0. The average Bonchev–Trinajstić information content (AvgIpc) is 3.25. The van der Waals surface area contributed by atoms with E-state index < -0.39 is 0 Å². The van der Waals surface area contributed by atoms with Crippen molar-refractivity contribution >= 4 is 5.91 Å². The lowest BCUT2D eigenvalue weighted by molar-refractivity contribution is -0.917. The number of nitrogens with zero attached hydrogens (tertiary/aromatic N) is 1. The highest BCUT2D eigenvalue weighted by molar-refractivity contribution is 5.91. The van der Waals surface area contributed by atoms with Crippen LogP contribution in [0.15, 0.2) is 77.4 Å². The maximum absolute atomic E-state index is 12.4. The van der Waals surface area contributed by atoms with Gasteiger partial charge < -0.3 is 19.0 Å². The predicted octanol–water partition coefficient (Wildman–Crippen LogP) is 2.61. The first kappa shape index (κ1) is 17.4. The summed E-state index contributed by atoms with van der Waals surface area (Å²) in [6.07, 6.45) is 1.54. The van der Waals surface area contributed by atoms with E-state index in [2.05, 4.69) is 6.07 Å². The van der Waals surface area contributed by atoms with E-state index >= 15 is 0 Å². The zero-order valence-corrected chi connectivity index (χ0v) is 15.1. The van der Waals surface area contributed by atoms with E-state index in [4.69, 9.17) is 9.15 Å². The van der Waals surface area contributed by atoms with Gasteiger partial charge in [-0.15, -0.1) is 0 Å². The topological polar surface area (TPSA) is 47.1 Å². The lowest BCUT2D eigenvalue weighted by Gasteiger charge is -2.32. The number of hydrogen-bond donors (Lipinski definition) is 1. The highest BCUT2D eigenvalue weighted by atomic mass is 16.5. The number of carbonyl (C=O) groups excluding carboxylic acids is 1. The van der Waals surface area contributed by atoms with Gasteiger partial charge in [-0.25, -0.2) is 0 Å². The molecule has 1 aliphatic rings. The summed E-state index contributed by atoms with van der Waals surface area (Å²) in [6.45, 7) is 4.16. The SMILES string of the molecule is O=C(c1ccco1)N1CC[NH+](Cc2ccccc2Oc2ccccc2)CC1. The molecule has 1 saturated heterocycles. The Labute approximate surface area is 158 Å². The number of hydrogen-bond acceptors (Lipinski definition) is 3. The number of piperazine rings is 1. The molecule has 5 nitrogen and oxygen atoms in total. The predicted molar refractivity (Wildman–Crippen MR) is 102 cm³/mol. The fraction of sp³-hybridized carbons (Fsp3) is 0.227. The number of para-hydroxylation sites is 2. The summed E-state index contributed by atoms with van der Waals surface area (Å²) in [4.78, 5) is 15.7. The molecular formula is C22H23N2O3+. The van der Waals surface area contributed by atoms with Crippen molar-refractivity contribution in [2.45, 2.75) is 6.54 Å². The van der Waals surface area contributed by atoms with E-state index in [1.807, 2.05) is 53.4 Å². The van der Waals surface area contributed by atoms with Crippen LogP contribution in [0.5, 0.6) is 11.5 Å². The molecule has 2 heterocycles. The van der Waals surface area contributed by atoms with E-state index in [9.17, 15) is 4.79 Å². The van der Waals surface area contributed by atoms with E-state index in [1.165, 1.54) is 10.5 Å². The molecule has 2 aromatic carbocycles. The summed E-state index contributed by atoms with van der Waals surface area (Å²) in [6, 6.07) is 21.5. The molecule has 4 rings (SSSR count). The Bertz CT molecular complexity index is 870. The number of furan rings is 1. The molecule has 1 aliphatic heterocycles. The quantitative estimate of drug-likeness (QED) is 0.758. The van der Waals surface area contributed by atoms with Crippen molar-refractivity contribution in [1.82, 2.24) is 4.90 Å². The molecule has 0 atom stereocenters. The van der Waals surface area contributed by atoms with Crippen molar-refractivity contribution in [3.63, 3.8) is 0 Å². The van der Waals surface area contributed by atoms with Gasteiger partial charge >= 0.3 is 0 Å². The number of nitrogens with one attached hydrogen (secondary N) is 1. The van der Waals surface area contributed by atoms with Crippen LogP contribution in [0.4, 0.5) is 0 Å². The highest BCUT2D eigenvalue weighted by Gasteiger charge is 2.26. The minimum atomic E-state index is -0.0214. The van der Waals surface area contributed by atoms with E-state index in [-0.39, 0.29) is 5.91 Å². The Kier molecular flexibility index (Phi) is 5.21.